The van der Waals surface area contributed by atoms with Crippen LogP contribution in [0.2, 0.25) is 0 Å². The van der Waals surface area contributed by atoms with E-state index in [2.05, 4.69) is 0 Å². The van der Waals surface area contributed by atoms with E-state index in [0.717, 1.165) is 53.6 Å². The molecule has 0 aliphatic rings. The number of ether oxygens (including phenoxy) is 5. The van der Waals surface area contributed by atoms with Crippen molar-refractivity contribution >= 4 is 41.2 Å². The quantitative estimate of drug-likeness (QED) is 0.0263. The second-order valence-corrected chi connectivity index (χ2v) is 22.5. The summed E-state index contributed by atoms with van der Waals surface area (Å²) in [5, 5.41) is 18.5. The summed E-state index contributed by atoms with van der Waals surface area (Å²) in [6, 6.07) is 67.1. The number of hydrogen-bond acceptors (Lipinski definition) is 16. The Bertz CT molecular complexity index is 3250. The molecule has 0 bridgehead atoms. The van der Waals surface area contributed by atoms with E-state index in [9.17, 15) is 43.8 Å². The Kier molecular flexibility index (Phi) is 35.5. The van der Waals surface area contributed by atoms with Gasteiger partial charge in [-0.05, 0) is 120 Å². The zero-order valence-electron chi connectivity index (χ0n) is 55.1. The van der Waals surface area contributed by atoms with Crippen LogP contribution >= 0.6 is 0 Å². The maximum Gasteiger partial charge on any atom is 1.00 e. The molecule has 94 heavy (non-hydrogen) atoms. The second kappa shape index (κ2) is 42.2. The SMILES string of the molecule is CC(CN(C)C)C(=O)c1cccc(OCc2ccccc2)c1.C[C@@H](CN(C)C)C(=O)c1cccc(OCc2ccccc2)c1.C[C@@H](CN(C)C)C(=O)c1cccc(OCc2ccccc2)c1.O=C(O[C@@H](C(=O)O)[C@@H](OC(=O)c1ccccc1)C(=O)O)c1ccccc1.[Na+].[OH-]. The molecule has 0 saturated heterocycles. The number of hydrogen-bond donors (Lipinski definition) is 2. The van der Waals surface area contributed by atoms with Gasteiger partial charge >= 0.3 is 53.4 Å². The van der Waals surface area contributed by atoms with Gasteiger partial charge < -0.3 is 54.1 Å². The Hall–Kier alpha value is -9.11. The van der Waals surface area contributed by atoms with E-state index in [-0.39, 0.29) is 81.3 Å². The predicted octanol–water partition coefficient (Wildman–Crippen LogP) is 9.37. The molecule has 19 heteroatoms. The molecule has 0 radical (unpaired) electrons. The van der Waals surface area contributed by atoms with Gasteiger partial charge in [-0.1, -0.05) is 185 Å². The van der Waals surface area contributed by atoms with Gasteiger partial charge in [-0.25, -0.2) is 19.2 Å². The minimum Gasteiger partial charge on any atom is -0.870 e. The third-order valence-electron chi connectivity index (χ3n) is 13.6. The van der Waals surface area contributed by atoms with Gasteiger partial charge in [-0.15, -0.1) is 0 Å². The number of ketones is 3. The number of rotatable bonds is 28. The van der Waals surface area contributed by atoms with Crippen LogP contribution in [0.3, 0.4) is 0 Å². The molecule has 0 fully saturated rings. The minimum absolute atomic E-state index is 0. The first kappa shape index (κ1) is 79.1. The molecule has 0 aliphatic carbocycles. The van der Waals surface area contributed by atoms with Crippen LogP contribution in [0.1, 0.15) is 89.3 Å². The summed E-state index contributed by atoms with van der Waals surface area (Å²) in [6.45, 7) is 9.62. The van der Waals surface area contributed by atoms with Gasteiger partial charge in [0, 0.05) is 54.1 Å². The second-order valence-electron chi connectivity index (χ2n) is 22.5. The number of Topliss-reactive ketones (excluding diaryl/α,β-unsaturated/α-hetero) is 3. The Balaban J connectivity index is 0.000000325. The fourth-order valence-corrected chi connectivity index (χ4v) is 9.18. The first-order valence-electron chi connectivity index (χ1n) is 29.9. The fraction of sp³-hybridized carbons (Fsp3) is 0.267. The van der Waals surface area contributed by atoms with Crippen LogP contribution in [0, 0.1) is 17.8 Å². The Morgan fingerprint density at radius 3 is 0.787 bits per heavy atom. The molecule has 8 aromatic carbocycles. The van der Waals surface area contributed by atoms with Gasteiger partial charge in [-0.2, -0.15) is 0 Å². The van der Waals surface area contributed by atoms with Crippen LogP contribution in [-0.4, -0.2) is 146 Å². The van der Waals surface area contributed by atoms with Gasteiger partial charge in [0.25, 0.3) is 0 Å². The van der Waals surface area contributed by atoms with Crippen molar-refractivity contribution in [1.29, 1.82) is 0 Å². The molecule has 8 rings (SSSR count). The monoisotopic (exact) mass is 1290 g/mol. The summed E-state index contributed by atoms with van der Waals surface area (Å²) < 4.78 is 26.9. The van der Waals surface area contributed by atoms with Crippen molar-refractivity contribution in [2.24, 2.45) is 17.8 Å². The van der Waals surface area contributed by atoms with E-state index in [1.165, 1.54) is 48.5 Å². The molecule has 0 spiro atoms. The summed E-state index contributed by atoms with van der Waals surface area (Å²) in [4.78, 5) is 90.2. The number of benzene rings is 8. The summed E-state index contributed by atoms with van der Waals surface area (Å²) in [5.41, 5.74) is 5.51. The minimum atomic E-state index is -2.21. The predicted molar refractivity (Wildman–Crippen MR) is 356 cm³/mol. The van der Waals surface area contributed by atoms with Crippen molar-refractivity contribution in [2.75, 3.05) is 61.9 Å². The Labute approximate surface area is 573 Å². The van der Waals surface area contributed by atoms with Crippen LogP contribution in [-0.2, 0) is 38.9 Å². The summed E-state index contributed by atoms with van der Waals surface area (Å²) >= 11 is 0. The molecule has 0 heterocycles. The number of aliphatic carboxylic acids is 2. The van der Waals surface area contributed by atoms with Gasteiger partial charge in [0.1, 0.15) is 37.1 Å². The zero-order valence-corrected chi connectivity index (χ0v) is 57.1. The Morgan fingerprint density at radius 1 is 0.340 bits per heavy atom. The third-order valence-corrected chi connectivity index (χ3v) is 13.6. The van der Waals surface area contributed by atoms with Crippen LogP contribution in [0.4, 0.5) is 0 Å². The van der Waals surface area contributed by atoms with Crippen LogP contribution in [0.25, 0.3) is 0 Å². The van der Waals surface area contributed by atoms with Crippen molar-refractivity contribution in [3.05, 3.63) is 269 Å². The molecule has 0 amide bonds. The first-order chi connectivity index (χ1) is 44.1. The molecule has 490 valence electrons. The molecule has 3 N–H and O–H groups in total. The molecule has 5 atom stereocenters. The summed E-state index contributed by atoms with van der Waals surface area (Å²) in [5.74, 6) is -3.08. The van der Waals surface area contributed by atoms with E-state index < -0.39 is 36.1 Å². The molecule has 0 aromatic heterocycles. The number of carboxylic acid groups (broad SMARTS) is 2. The Morgan fingerprint density at radius 2 is 0.564 bits per heavy atom. The van der Waals surface area contributed by atoms with Crippen LogP contribution < -0.4 is 43.8 Å². The van der Waals surface area contributed by atoms with Crippen molar-refractivity contribution in [3.8, 4) is 17.2 Å². The summed E-state index contributed by atoms with van der Waals surface area (Å²) in [7, 11) is 11.9. The van der Waals surface area contributed by atoms with Crippen molar-refractivity contribution < 1.29 is 102 Å². The van der Waals surface area contributed by atoms with E-state index >= 15 is 0 Å². The zero-order chi connectivity index (χ0) is 67.0. The molecule has 0 saturated carbocycles. The third kappa shape index (κ3) is 28.4. The maximum atomic E-state index is 12.4. The van der Waals surface area contributed by atoms with E-state index in [0.29, 0.717) is 36.5 Å². The van der Waals surface area contributed by atoms with Crippen molar-refractivity contribution in [2.45, 2.75) is 52.8 Å². The smallest absolute Gasteiger partial charge is 0.870 e. The fourth-order valence-electron chi connectivity index (χ4n) is 9.18. The normalized spacial score (nSPS) is 12.0. The average Bonchev–Trinajstić information content (AvgIpc) is 0.952. The molecular formula is C75H84N3NaO15. The number of carboxylic acids is 2. The number of carbonyl (C=O) groups excluding carboxylic acids is 5. The number of nitrogens with zero attached hydrogens (tertiary/aromatic N) is 3. The van der Waals surface area contributed by atoms with Crippen LogP contribution in [0.15, 0.2) is 224 Å². The van der Waals surface area contributed by atoms with Gasteiger partial charge in [0.15, 0.2) is 17.3 Å². The van der Waals surface area contributed by atoms with Crippen molar-refractivity contribution in [1.82, 2.24) is 14.7 Å². The molecule has 8 aromatic rings. The number of esters is 2. The number of carbonyl (C=O) groups is 7. The first-order valence-corrected chi connectivity index (χ1v) is 29.9. The van der Waals surface area contributed by atoms with Crippen LogP contribution in [0.5, 0.6) is 17.2 Å². The standard InChI is InChI=1S/3C19H23NO2.C18H14O8.Na.H2O/c3*1-15(13-20(2)3)19(21)17-10-7-11-18(12-17)22-14-16-8-5-4-6-9-16;19-15(20)13(25-17(23)11-7-3-1-4-8-11)14(16(21)22)26-18(24)12-9-5-2-6-10-12;;/h3*4-12,15H,13-14H2,1-3H3;1-10,13-14H,(H,19,20)(H,21,22);;1H2/q;;;;+1;/p-1/t2*15-;;13-,14-;;/m00.1../s1. The molecule has 0 aliphatic heterocycles. The van der Waals surface area contributed by atoms with Gasteiger partial charge in [0.2, 0.25) is 12.2 Å². The largest absolute Gasteiger partial charge is 1.00 e. The topological polar surface area (TPSA) is 246 Å². The van der Waals surface area contributed by atoms with E-state index in [4.69, 9.17) is 23.7 Å². The maximum absolute atomic E-state index is 12.4. The molecule has 1 unspecified atom stereocenters. The van der Waals surface area contributed by atoms with Gasteiger partial charge in [-0.3, -0.25) is 14.4 Å². The van der Waals surface area contributed by atoms with Crippen molar-refractivity contribution in [3.63, 3.8) is 0 Å². The van der Waals surface area contributed by atoms with E-state index in [1.54, 1.807) is 12.1 Å². The van der Waals surface area contributed by atoms with Gasteiger partial charge in [0.05, 0.1) is 11.1 Å². The molecular weight excluding hydrogens is 1210 g/mol. The summed E-state index contributed by atoms with van der Waals surface area (Å²) in [6.07, 6.45) is -4.43. The average molecular weight is 1290 g/mol. The molecule has 18 nitrogen and oxygen atoms in total. The van der Waals surface area contributed by atoms with E-state index in [1.807, 2.05) is 242 Å².